The monoisotopic (exact) mass is 221 g/mol. The number of aromatic amines is 1. The van der Waals surface area contributed by atoms with E-state index in [1.807, 2.05) is 17.9 Å². The Kier molecular flexibility index (Phi) is 3.01. The van der Waals surface area contributed by atoms with Crippen LogP contribution in [0.3, 0.4) is 0 Å². The second kappa shape index (κ2) is 4.29. The number of rotatable bonds is 2. The fourth-order valence-electron chi connectivity index (χ4n) is 2.16. The van der Waals surface area contributed by atoms with Gasteiger partial charge < -0.3 is 14.8 Å². The number of nitrogens with one attached hydrogen (secondary N) is 1. The number of aryl methyl sites for hydroxylation is 1. The van der Waals surface area contributed by atoms with Crippen molar-refractivity contribution in [3.05, 3.63) is 23.5 Å². The molecule has 2 heterocycles. The van der Waals surface area contributed by atoms with Crippen LogP contribution in [0.5, 0.6) is 0 Å². The minimum atomic E-state index is 0.147. The van der Waals surface area contributed by atoms with Gasteiger partial charge in [0.1, 0.15) is 0 Å². The maximum atomic E-state index is 12.1. The first kappa shape index (κ1) is 11.2. The first-order chi connectivity index (χ1) is 7.58. The predicted octanol–water partition coefficient (Wildman–Crippen LogP) is 1.10. The molecule has 1 N–H and O–H groups in total. The molecule has 0 spiro atoms. The van der Waals surface area contributed by atoms with Crippen LogP contribution in [0, 0.1) is 6.92 Å². The highest BCUT2D eigenvalue weighted by atomic mass is 16.2. The first-order valence-electron chi connectivity index (χ1n) is 5.68. The van der Waals surface area contributed by atoms with Crippen molar-refractivity contribution in [2.24, 2.45) is 0 Å². The van der Waals surface area contributed by atoms with Crippen molar-refractivity contribution in [2.45, 2.75) is 19.4 Å². The molecule has 4 nitrogen and oxygen atoms in total. The Labute approximate surface area is 96.2 Å². The van der Waals surface area contributed by atoms with Crippen LogP contribution in [-0.2, 0) is 0 Å². The Morgan fingerprint density at radius 2 is 2.31 bits per heavy atom. The van der Waals surface area contributed by atoms with Crippen LogP contribution in [0.4, 0.5) is 0 Å². The molecule has 1 aromatic heterocycles. The third kappa shape index (κ3) is 2.11. The molecule has 1 atom stereocenters. The molecule has 0 unspecified atom stereocenters. The number of amides is 1. The maximum absolute atomic E-state index is 12.1. The lowest BCUT2D eigenvalue weighted by Crippen LogP contribution is -2.34. The number of hydrogen-bond donors (Lipinski definition) is 1. The molecule has 0 saturated carbocycles. The van der Waals surface area contributed by atoms with Gasteiger partial charge in [-0.2, -0.15) is 0 Å². The molecule has 1 aromatic rings. The van der Waals surface area contributed by atoms with Crippen LogP contribution >= 0.6 is 0 Å². The van der Waals surface area contributed by atoms with Crippen LogP contribution in [-0.4, -0.2) is 53.9 Å². The summed E-state index contributed by atoms with van der Waals surface area (Å²) in [6.45, 7) is 3.67. The predicted molar refractivity (Wildman–Crippen MR) is 63.5 cm³/mol. The van der Waals surface area contributed by atoms with Crippen molar-refractivity contribution in [3.63, 3.8) is 0 Å². The Balaban J connectivity index is 2.02. The molecule has 16 heavy (non-hydrogen) atoms. The Hall–Kier alpha value is -1.29. The molecule has 0 aromatic carbocycles. The third-order valence-corrected chi connectivity index (χ3v) is 3.26. The van der Waals surface area contributed by atoms with Gasteiger partial charge in [-0.3, -0.25) is 4.79 Å². The molecule has 2 rings (SSSR count). The van der Waals surface area contributed by atoms with Gasteiger partial charge in [-0.05, 0) is 33.5 Å². The molecule has 4 heteroatoms. The van der Waals surface area contributed by atoms with E-state index in [1.54, 1.807) is 6.20 Å². The number of carbonyl (C=O) groups is 1. The normalized spacial score (nSPS) is 20.8. The maximum Gasteiger partial charge on any atom is 0.255 e. The van der Waals surface area contributed by atoms with Crippen molar-refractivity contribution >= 4 is 5.91 Å². The molecule has 1 amide bonds. The minimum Gasteiger partial charge on any atom is -0.364 e. The van der Waals surface area contributed by atoms with Crippen LogP contribution < -0.4 is 0 Å². The quantitative estimate of drug-likeness (QED) is 0.812. The van der Waals surface area contributed by atoms with Crippen molar-refractivity contribution in [2.75, 3.05) is 27.2 Å². The smallest absolute Gasteiger partial charge is 0.255 e. The van der Waals surface area contributed by atoms with Gasteiger partial charge in [0.15, 0.2) is 0 Å². The fourth-order valence-corrected chi connectivity index (χ4v) is 2.16. The summed E-state index contributed by atoms with van der Waals surface area (Å²) in [5.41, 5.74) is 1.81. The van der Waals surface area contributed by atoms with E-state index >= 15 is 0 Å². The number of carbonyl (C=O) groups excluding carboxylic acids is 1. The average Bonchev–Trinajstić information content (AvgIpc) is 2.84. The number of H-pyrrole nitrogens is 1. The summed E-state index contributed by atoms with van der Waals surface area (Å²) in [6, 6.07) is 2.41. The van der Waals surface area contributed by atoms with E-state index in [9.17, 15) is 4.79 Å². The van der Waals surface area contributed by atoms with Crippen molar-refractivity contribution < 1.29 is 4.79 Å². The Bertz CT molecular complexity index is 383. The van der Waals surface area contributed by atoms with E-state index in [4.69, 9.17) is 0 Å². The van der Waals surface area contributed by atoms with Crippen molar-refractivity contribution in [3.8, 4) is 0 Å². The largest absolute Gasteiger partial charge is 0.364 e. The van der Waals surface area contributed by atoms with Gasteiger partial charge in [0.05, 0.1) is 5.56 Å². The summed E-state index contributed by atoms with van der Waals surface area (Å²) >= 11 is 0. The van der Waals surface area contributed by atoms with E-state index in [2.05, 4.69) is 24.0 Å². The van der Waals surface area contributed by atoms with Gasteiger partial charge in [-0.25, -0.2) is 0 Å². The second-order valence-corrected chi connectivity index (χ2v) is 4.73. The van der Waals surface area contributed by atoms with Gasteiger partial charge in [-0.15, -0.1) is 0 Å². The number of hydrogen-bond acceptors (Lipinski definition) is 2. The van der Waals surface area contributed by atoms with Crippen LogP contribution in [0.1, 0.15) is 22.5 Å². The number of likely N-dealkylation sites (N-methyl/N-ethyl adjacent to an activating group) is 1. The molecule has 0 aliphatic carbocycles. The average molecular weight is 221 g/mol. The van der Waals surface area contributed by atoms with Crippen LogP contribution in [0.25, 0.3) is 0 Å². The summed E-state index contributed by atoms with van der Waals surface area (Å²) < 4.78 is 0. The van der Waals surface area contributed by atoms with E-state index in [0.717, 1.165) is 30.8 Å². The zero-order valence-electron chi connectivity index (χ0n) is 10.2. The molecule has 1 saturated heterocycles. The summed E-state index contributed by atoms with van der Waals surface area (Å²) in [5, 5.41) is 0. The lowest BCUT2D eigenvalue weighted by atomic mass is 10.2. The van der Waals surface area contributed by atoms with E-state index in [-0.39, 0.29) is 5.91 Å². The van der Waals surface area contributed by atoms with Gasteiger partial charge >= 0.3 is 0 Å². The minimum absolute atomic E-state index is 0.147. The van der Waals surface area contributed by atoms with E-state index < -0.39 is 0 Å². The second-order valence-electron chi connectivity index (χ2n) is 4.73. The highest BCUT2D eigenvalue weighted by Gasteiger charge is 2.28. The lowest BCUT2D eigenvalue weighted by molar-refractivity contribution is 0.0783. The lowest BCUT2D eigenvalue weighted by Gasteiger charge is -2.20. The summed E-state index contributed by atoms with van der Waals surface area (Å²) in [4.78, 5) is 19.3. The molecular formula is C12H19N3O. The molecule has 1 aliphatic heterocycles. The van der Waals surface area contributed by atoms with Gasteiger partial charge in [0, 0.05) is 31.0 Å². The van der Waals surface area contributed by atoms with E-state index in [1.165, 1.54) is 0 Å². The topological polar surface area (TPSA) is 39.3 Å². The summed E-state index contributed by atoms with van der Waals surface area (Å²) in [5.74, 6) is 0.147. The van der Waals surface area contributed by atoms with Crippen LogP contribution in [0.2, 0.25) is 0 Å². The highest BCUT2D eigenvalue weighted by molar-refractivity contribution is 5.94. The van der Waals surface area contributed by atoms with E-state index in [0.29, 0.717) is 6.04 Å². The first-order valence-corrected chi connectivity index (χ1v) is 5.68. The number of aromatic nitrogens is 1. The highest BCUT2D eigenvalue weighted by Crippen LogP contribution is 2.16. The SMILES string of the molecule is Cc1cc(C(=O)N2CC[C@@H](N(C)C)C2)c[nH]1. The molecule has 0 bridgehead atoms. The molecule has 88 valence electrons. The van der Waals surface area contributed by atoms with Crippen molar-refractivity contribution in [1.82, 2.24) is 14.8 Å². The van der Waals surface area contributed by atoms with Crippen molar-refractivity contribution in [1.29, 1.82) is 0 Å². The Morgan fingerprint density at radius 1 is 1.56 bits per heavy atom. The molecule has 1 aliphatic rings. The molecular weight excluding hydrogens is 202 g/mol. The van der Waals surface area contributed by atoms with Gasteiger partial charge in [0.25, 0.3) is 5.91 Å². The summed E-state index contributed by atoms with van der Waals surface area (Å²) in [6.07, 6.45) is 2.86. The number of nitrogens with zero attached hydrogens (tertiary/aromatic N) is 2. The molecule has 1 fully saturated rings. The van der Waals surface area contributed by atoms with Crippen LogP contribution in [0.15, 0.2) is 12.3 Å². The fraction of sp³-hybridized carbons (Fsp3) is 0.583. The van der Waals surface area contributed by atoms with Gasteiger partial charge in [-0.1, -0.05) is 0 Å². The Morgan fingerprint density at radius 3 is 2.81 bits per heavy atom. The summed E-state index contributed by atoms with van der Waals surface area (Å²) in [7, 11) is 4.14. The zero-order valence-corrected chi connectivity index (χ0v) is 10.2. The number of likely N-dealkylation sites (tertiary alicyclic amines) is 1. The zero-order chi connectivity index (χ0) is 11.7. The van der Waals surface area contributed by atoms with Gasteiger partial charge in [0.2, 0.25) is 0 Å². The molecule has 0 radical (unpaired) electrons. The standard InChI is InChI=1S/C12H19N3O/c1-9-6-10(7-13-9)12(16)15-5-4-11(8-15)14(2)3/h6-7,11,13H,4-5,8H2,1-3H3/t11-/m1/s1. The third-order valence-electron chi connectivity index (χ3n) is 3.26.